The third-order valence-corrected chi connectivity index (χ3v) is 2.80. The van der Waals surface area contributed by atoms with Gasteiger partial charge in [-0.3, -0.25) is 4.79 Å². The fourth-order valence-electron chi connectivity index (χ4n) is 1.88. The van der Waals surface area contributed by atoms with Crippen LogP contribution >= 0.6 is 0 Å². The minimum atomic E-state index is -0.639. The normalized spacial score (nSPS) is 13.7. The number of benzene rings is 1. The standard InChI is InChI=1S/C15H23NO4/c1-10-5-6-14(13(7-10)12(3)17)20-9-15(18)16-11(2)8-19-4/h5-7,11-12,17H,8-9H2,1-4H3,(H,16,18)/t11?,12-/m1/s1. The molecule has 1 rings (SSSR count). The van der Waals surface area contributed by atoms with Crippen LogP contribution in [0.2, 0.25) is 0 Å². The van der Waals surface area contributed by atoms with Crippen molar-refractivity contribution in [1.29, 1.82) is 0 Å². The van der Waals surface area contributed by atoms with Crippen LogP contribution in [0.25, 0.3) is 0 Å². The van der Waals surface area contributed by atoms with Gasteiger partial charge in [0.1, 0.15) is 5.75 Å². The quantitative estimate of drug-likeness (QED) is 0.796. The van der Waals surface area contributed by atoms with E-state index in [1.54, 1.807) is 20.1 Å². The van der Waals surface area contributed by atoms with Crippen LogP contribution in [0, 0.1) is 6.92 Å². The Morgan fingerprint density at radius 1 is 1.40 bits per heavy atom. The summed E-state index contributed by atoms with van der Waals surface area (Å²) in [6.07, 6.45) is -0.639. The molecule has 2 N–H and O–H groups in total. The average molecular weight is 281 g/mol. The zero-order valence-corrected chi connectivity index (χ0v) is 12.5. The highest BCUT2D eigenvalue weighted by atomic mass is 16.5. The third-order valence-electron chi connectivity index (χ3n) is 2.80. The molecule has 0 aliphatic rings. The summed E-state index contributed by atoms with van der Waals surface area (Å²) in [5.74, 6) is 0.312. The summed E-state index contributed by atoms with van der Waals surface area (Å²) < 4.78 is 10.4. The van der Waals surface area contributed by atoms with Gasteiger partial charge in [0.2, 0.25) is 0 Å². The number of rotatable bonds is 7. The molecule has 0 radical (unpaired) electrons. The van der Waals surface area contributed by atoms with Crippen molar-refractivity contribution in [2.75, 3.05) is 20.3 Å². The summed E-state index contributed by atoms with van der Waals surface area (Å²) in [6.45, 7) is 5.83. The van der Waals surface area contributed by atoms with E-state index in [0.717, 1.165) is 5.56 Å². The lowest BCUT2D eigenvalue weighted by molar-refractivity contribution is -0.124. The van der Waals surface area contributed by atoms with Crippen molar-refractivity contribution >= 4 is 5.91 Å². The van der Waals surface area contributed by atoms with E-state index in [0.29, 0.717) is 17.9 Å². The van der Waals surface area contributed by atoms with Gasteiger partial charge in [0.25, 0.3) is 5.91 Å². The Morgan fingerprint density at radius 3 is 2.70 bits per heavy atom. The summed E-state index contributed by atoms with van der Waals surface area (Å²) >= 11 is 0. The molecule has 0 saturated carbocycles. The summed E-state index contributed by atoms with van der Waals surface area (Å²) in [6, 6.07) is 5.44. The maximum atomic E-state index is 11.7. The van der Waals surface area contributed by atoms with E-state index in [-0.39, 0.29) is 18.6 Å². The highest BCUT2D eigenvalue weighted by molar-refractivity contribution is 5.77. The molecule has 112 valence electrons. The maximum absolute atomic E-state index is 11.7. The van der Waals surface area contributed by atoms with Gasteiger partial charge in [0.15, 0.2) is 6.61 Å². The topological polar surface area (TPSA) is 67.8 Å². The number of nitrogens with one attached hydrogen (secondary N) is 1. The number of amides is 1. The molecule has 0 saturated heterocycles. The lowest BCUT2D eigenvalue weighted by Gasteiger charge is -2.16. The number of aliphatic hydroxyl groups excluding tert-OH is 1. The van der Waals surface area contributed by atoms with Crippen LogP contribution in [0.15, 0.2) is 18.2 Å². The zero-order valence-electron chi connectivity index (χ0n) is 12.5. The number of hydrogen-bond acceptors (Lipinski definition) is 4. The minimum absolute atomic E-state index is 0.0645. The van der Waals surface area contributed by atoms with Gasteiger partial charge in [-0.1, -0.05) is 11.6 Å². The summed E-state index contributed by atoms with van der Waals surface area (Å²) in [7, 11) is 1.58. The molecule has 1 amide bonds. The van der Waals surface area contributed by atoms with E-state index < -0.39 is 6.10 Å². The van der Waals surface area contributed by atoms with E-state index in [1.807, 2.05) is 26.0 Å². The Morgan fingerprint density at radius 2 is 2.10 bits per heavy atom. The monoisotopic (exact) mass is 281 g/mol. The minimum Gasteiger partial charge on any atom is -0.483 e. The van der Waals surface area contributed by atoms with E-state index in [4.69, 9.17) is 9.47 Å². The van der Waals surface area contributed by atoms with Crippen molar-refractivity contribution in [2.45, 2.75) is 32.9 Å². The molecule has 0 heterocycles. The molecule has 1 aromatic rings. The highest BCUT2D eigenvalue weighted by Gasteiger charge is 2.12. The smallest absolute Gasteiger partial charge is 0.258 e. The van der Waals surface area contributed by atoms with Crippen LogP contribution in [-0.4, -0.2) is 37.4 Å². The predicted molar refractivity (Wildman–Crippen MR) is 76.8 cm³/mol. The highest BCUT2D eigenvalue weighted by Crippen LogP contribution is 2.26. The van der Waals surface area contributed by atoms with Gasteiger partial charge in [0, 0.05) is 18.7 Å². The van der Waals surface area contributed by atoms with Crippen LogP contribution in [0.4, 0.5) is 0 Å². The largest absolute Gasteiger partial charge is 0.483 e. The molecular formula is C15H23NO4. The second kappa shape index (κ2) is 7.87. The van der Waals surface area contributed by atoms with Gasteiger partial charge >= 0.3 is 0 Å². The second-order valence-corrected chi connectivity index (χ2v) is 4.93. The first-order valence-electron chi connectivity index (χ1n) is 6.63. The maximum Gasteiger partial charge on any atom is 0.258 e. The number of hydrogen-bond donors (Lipinski definition) is 2. The average Bonchev–Trinajstić information content (AvgIpc) is 2.37. The Kier molecular flexibility index (Phi) is 6.48. The van der Waals surface area contributed by atoms with Crippen LogP contribution in [0.5, 0.6) is 5.75 Å². The first-order valence-corrected chi connectivity index (χ1v) is 6.63. The number of ether oxygens (including phenoxy) is 2. The van der Waals surface area contributed by atoms with Gasteiger partial charge in [-0.25, -0.2) is 0 Å². The van der Waals surface area contributed by atoms with Gasteiger partial charge in [-0.15, -0.1) is 0 Å². The van der Waals surface area contributed by atoms with Gasteiger partial charge < -0.3 is 19.9 Å². The molecular weight excluding hydrogens is 258 g/mol. The summed E-state index contributed by atoms with van der Waals surface area (Å²) in [5, 5.41) is 12.5. The summed E-state index contributed by atoms with van der Waals surface area (Å²) in [4.78, 5) is 11.7. The molecule has 0 fully saturated rings. The number of carbonyl (C=O) groups is 1. The number of carbonyl (C=O) groups excluding carboxylic acids is 1. The fourth-order valence-corrected chi connectivity index (χ4v) is 1.88. The lowest BCUT2D eigenvalue weighted by atomic mass is 10.1. The van der Waals surface area contributed by atoms with Crippen molar-refractivity contribution in [3.63, 3.8) is 0 Å². The molecule has 0 spiro atoms. The van der Waals surface area contributed by atoms with Crippen molar-refractivity contribution in [1.82, 2.24) is 5.32 Å². The SMILES string of the molecule is COCC(C)NC(=O)COc1ccc(C)cc1[C@@H](C)O. The molecule has 2 atom stereocenters. The number of aryl methyl sites for hydroxylation is 1. The molecule has 20 heavy (non-hydrogen) atoms. The Hall–Kier alpha value is -1.59. The Balaban J connectivity index is 2.59. The van der Waals surface area contributed by atoms with Gasteiger partial charge in [0.05, 0.1) is 12.7 Å². The molecule has 0 aromatic heterocycles. The molecule has 0 aliphatic carbocycles. The van der Waals surface area contributed by atoms with Crippen molar-refractivity contribution in [2.24, 2.45) is 0 Å². The molecule has 5 nitrogen and oxygen atoms in total. The second-order valence-electron chi connectivity index (χ2n) is 4.93. The molecule has 0 aliphatic heterocycles. The molecule has 5 heteroatoms. The molecule has 1 unspecified atom stereocenters. The third kappa shape index (κ3) is 5.19. The van der Waals surface area contributed by atoms with E-state index in [9.17, 15) is 9.90 Å². The van der Waals surface area contributed by atoms with Crippen LogP contribution in [0.3, 0.4) is 0 Å². The first kappa shape index (κ1) is 16.5. The molecule has 0 bridgehead atoms. The predicted octanol–water partition coefficient (Wildman–Crippen LogP) is 1.58. The van der Waals surface area contributed by atoms with Crippen LogP contribution in [0.1, 0.15) is 31.1 Å². The Labute approximate surface area is 119 Å². The molecule has 1 aromatic carbocycles. The fraction of sp³-hybridized carbons (Fsp3) is 0.533. The van der Waals surface area contributed by atoms with E-state index >= 15 is 0 Å². The van der Waals surface area contributed by atoms with Crippen LogP contribution in [-0.2, 0) is 9.53 Å². The lowest BCUT2D eigenvalue weighted by Crippen LogP contribution is -2.38. The van der Waals surface area contributed by atoms with Gasteiger partial charge in [-0.2, -0.15) is 0 Å². The Bertz CT molecular complexity index is 445. The summed E-state index contributed by atoms with van der Waals surface area (Å²) in [5.41, 5.74) is 1.72. The zero-order chi connectivity index (χ0) is 15.1. The van der Waals surface area contributed by atoms with Crippen LogP contribution < -0.4 is 10.1 Å². The first-order chi connectivity index (χ1) is 9.43. The van der Waals surface area contributed by atoms with Crippen molar-refractivity contribution < 1.29 is 19.4 Å². The number of methoxy groups -OCH3 is 1. The van der Waals surface area contributed by atoms with E-state index in [2.05, 4.69) is 5.32 Å². The van der Waals surface area contributed by atoms with Crippen molar-refractivity contribution in [3.8, 4) is 5.75 Å². The number of aliphatic hydroxyl groups is 1. The van der Waals surface area contributed by atoms with E-state index in [1.165, 1.54) is 0 Å². The van der Waals surface area contributed by atoms with Gasteiger partial charge in [-0.05, 0) is 32.9 Å². The van der Waals surface area contributed by atoms with Crippen molar-refractivity contribution in [3.05, 3.63) is 29.3 Å².